The van der Waals surface area contributed by atoms with Crippen LogP contribution >= 0.6 is 23.1 Å². The molecule has 0 saturated heterocycles. The molecule has 78 valence electrons. The molecule has 0 nitrogen and oxygen atoms in total. The highest BCUT2D eigenvalue weighted by Crippen LogP contribution is 2.32. The van der Waals surface area contributed by atoms with Crippen molar-refractivity contribution in [1.29, 1.82) is 0 Å². The minimum absolute atomic E-state index is 1.04. The van der Waals surface area contributed by atoms with Crippen LogP contribution in [-0.2, 0) is 5.75 Å². The predicted molar refractivity (Wildman–Crippen MR) is 72.9 cm³/mol. The maximum Gasteiger partial charge on any atom is 0.0348 e. The van der Waals surface area contributed by atoms with E-state index in [0.717, 1.165) is 11.5 Å². The lowest BCUT2D eigenvalue weighted by Crippen LogP contribution is -1.79. The van der Waals surface area contributed by atoms with Crippen LogP contribution < -0.4 is 0 Å². The molecule has 1 heterocycles. The van der Waals surface area contributed by atoms with Crippen LogP contribution in [-0.4, -0.2) is 5.75 Å². The first-order valence-corrected chi connectivity index (χ1v) is 6.95. The minimum Gasteiger partial charge on any atom is -0.152 e. The summed E-state index contributed by atoms with van der Waals surface area (Å²) in [7, 11) is 0. The standard InChI is InChI=1S/C13H14S2/c1-3-8-14-9-13-10(2)11-6-4-5-7-12(11)15-13/h3-7H,1,8-9H2,2H3. The highest BCUT2D eigenvalue weighted by Gasteiger charge is 2.06. The second-order valence-electron chi connectivity index (χ2n) is 3.45. The van der Waals surface area contributed by atoms with Crippen LogP contribution in [0.15, 0.2) is 36.9 Å². The Morgan fingerprint density at radius 3 is 2.93 bits per heavy atom. The lowest BCUT2D eigenvalue weighted by atomic mass is 10.2. The maximum atomic E-state index is 3.74. The minimum atomic E-state index is 1.04. The molecule has 0 amide bonds. The Kier molecular flexibility index (Phi) is 3.49. The fourth-order valence-electron chi connectivity index (χ4n) is 1.60. The van der Waals surface area contributed by atoms with E-state index in [2.05, 4.69) is 37.8 Å². The van der Waals surface area contributed by atoms with Crippen molar-refractivity contribution in [3.05, 3.63) is 47.4 Å². The summed E-state index contributed by atoms with van der Waals surface area (Å²) in [6.45, 7) is 5.96. The highest BCUT2D eigenvalue weighted by atomic mass is 32.2. The molecule has 0 N–H and O–H groups in total. The molecule has 2 heteroatoms. The number of hydrogen-bond donors (Lipinski definition) is 0. The number of thiophene rings is 1. The average Bonchev–Trinajstić information content (AvgIpc) is 2.57. The van der Waals surface area contributed by atoms with Crippen molar-refractivity contribution in [3.63, 3.8) is 0 Å². The molecule has 0 saturated carbocycles. The third-order valence-corrected chi connectivity index (χ3v) is 4.83. The van der Waals surface area contributed by atoms with Gasteiger partial charge in [-0.3, -0.25) is 0 Å². The first kappa shape index (κ1) is 10.8. The van der Waals surface area contributed by atoms with Gasteiger partial charge in [-0.2, -0.15) is 11.8 Å². The van der Waals surface area contributed by atoms with E-state index in [1.54, 1.807) is 0 Å². The van der Waals surface area contributed by atoms with Crippen molar-refractivity contribution in [1.82, 2.24) is 0 Å². The molecule has 2 aromatic rings. The molecule has 0 aliphatic heterocycles. The van der Waals surface area contributed by atoms with E-state index in [9.17, 15) is 0 Å². The van der Waals surface area contributed by atoms with Gasteiger partial charge < -0.3 is 0 Å². The van der Waals surface area contributed by atoms with Gasteiger partial charge in [-0.15, -0.1) is 17.9 Å². The smallest absolute Gasteiger partial charge is 0.0348 e. The number of benzene rings is 1. The molecule has 0 atom stereocenters. The van der Waals surface area contributed by atoms with Crippen LogP contribution in [0, 0.1) is 6.92 Å². The Morgan fingerprint density at radius 2 is 2.20 bits per heavy atom. The van der Waals surface area contributed by atoms with Crippen LogP contribution in [0.1, 0.15) is 10.4 Å². The fraction of sp³-hybridized carbons (Fsp3) is 0.231. The third kappa shape index (κ3) is 2.27. The van der Waals surface area contributed by atoms with Crippen molar-refractivity contribution in [2.75, 3.05) is 5.75 Å². The number of hydrogen-bond acceptors (Lipinski definition) is 2. The largest absolute Gasteiger partial charge is 0.152 e. The van der Waals surface area contributed by atoms with Gasteiger partial charge in [0.1, 0.15) is 0 Å². The second kappa shape index (κ2) is 4.86. The molecule has 1 aromatic heterocycles. The monoisotopic (exact) mass is 234 g/mol. The molecule has 0 fully saturated rings. The zero-order valence-corrected chi connectivity index (χ0v) is 10.5. The van der Waals surface area contributed by atoms with Gasteiger partial charge >= 0.3 is 0 Å². The average molecular weight is 234 g/mol. The Bertz CT molecular complexity index is 468. The zero-order valence-electron chi connectivity index (χ0n) is 8.82. The third-order valence-electron chi connectivity index (χ3n) is 2.41. The van der Waals surface area contributed by atoms with Gasteiger partial charge in [-0.05, 0) is 23.9 Å². The first-order valence-electron chi connectivity index (χ1n) is 4.98. The predicted octanol–water partition coefficient (Wildman–Crippen LogP) is 4.63. The maximum absolute atomic E-state index is 3.74. The summed E-state index contributed by atoms with van der Waals surface area (Å²) in [4.78, 5) is 1.50. The Balaban J connectivity index is 2.27. The fourth-order valence-corrected chi connectivity index (χ4v) is 3.78. The van der Waals surface area contributed by atoms with Crippen LogP contribution in [0.2, 0.25) is 0 Å². The second-order valence-corrected chi connectivity index (χ2v) is 5.62. The molecule has 0 unspecified atom stereocenters. The quantitative estimate of drug-likeness (QED) is 0.549. The van der Waals surface area contributed by atoms with Crippen LogP contribution in [0.3, 0.4) is 0 Å². The van der Waals surface area contributed by atoms with Gasteiger partial charge in [0.15, 0.2) is 0 Å². The van der Waals surface area contributed by atoms with E-state index in [1.807, 2.05) is 29.2 Å². The van der Waals surface area contributed by atoms with Crippen LogP contribution in [0.4, 0.5) is 0 Å². The number of aryl methyl sites for hydroxylation is 1. The number of rotatable bonds is 4. The van der Waals surface area contributed by atoms with Crippen molar-refractivity contribution in [2.45, 2.75) is 12.7 Å². The van der Waals surface area contributed by atoms with E-state index < -0.39 is 0 Å². The lowest BCUT2D eigenvalue weighted by Gasteiger charge is -1.97. The highest BCUT2D eigenvalue weighted by molar-refractivity contribution is 7.98. The van der Waals surface area contributed by atoms with Crippen molar-refractivity contribution in [2.24, 2.45) is 0 Å². The van der Waals surface area contributed by atoms with Gasteiger partial charge in [0.05, 0.1) is 0 Å². The van der Waals surface area contributed by atoms with Gasteiger partial charge in [-0.1, -0.05) is 24.3 Å². The molecular formula is C13H14S2. The SMILES string of the molecule is C=CCSCc1sc2ccccc2c1C. The number of fused-ring (bicyclic) bond motifs is 1. The van der Waals surface area contributed by atoms with Gasteiger partial charge in [-0.25, -0.2) is 0 Å². The Labute approximate surface area is 99.0 Å². The zero-order chi connectivity index (χ0) is 10.7. The van der Waals surface area contributed by atoms with Crippen molar-refractivity contribution in [3.8, 4) is 0 Å². The molecule has 0 aliphatic rings. The first-order chi connectivity index (χ1) is 7.33. The summed E-state index contributed by atoms with van der Waals surface area (Å²) in [6, 6.07) is 8.64. The summed E-state index contributed by atoms with van der Waals surface area (Å²) in [5, 5.41) is 1.41. The summed E-state index contributed by atoms with van der Waals surface area (Å²) < 4.78 is 1.41. The van der Waals surface area contributed by atoms with E-state index >= 15 is 0 Å². The lowest BCUT2D eigenvalue weighted by molar-refractivity contribution is 1.43. The molecule has 0 bridgehead atoms. The van der Waals surface area contributed by atoms with Crippen molar-refractivity contribution >= 4 is 33.2 Å². The van der Waals surface area contributed by atoms with Crippen LogP contribution in [0.25, 0.3) is 10.1 Å². The molecule has 15 heavy (non-hydrogen) atoms. The molecule has 1 aromatic carbocycles. The van der Waals surface area contributed by atoms with Gasteiger partial charge in [0, 0.05) is 21.1 Å². The molecule has 0 aliphatic carbocycles. The molecule has 2 rings (SSSR count). The Hall–Kier alpha value is -0.730. The number of thioether (sulfide) groups is 1. The van der Waals surface area contributed by atoms with E-state index in [1.165, 1.54) is 20.5 Å². The molecule has 0 spiro atoms. The molecule has 0 radical (unpaired) electrons. The van der Waals surface area contributed by atoms with E-state index in [-0.39, 0.29) is 0 Å². The Morgan fingerprint density at radius 1 is 1.40 bits per heavy atom. The van der Waals surface area contributed by atoms with E-state index in [0.29, 0.717) is 0 Å². The summed E-state index contributed by atoms with van der Waals surface area (Å²) in [6.07, 6.45) is 1.97. The molecular weight excluding hydrogens is 220 g/mol. The van der Waals surface area contributed by atoms with E-state index in [4.69, 9.17) is 0 Å². The summed E-state index contributed by atoms with van der Waals surface area (Å²) in [5.74, 6) is 2.14. The normalized spacial score (nSPS) is 10.7. The summed E-state index contributed by atoms with van der Waals surface area (Å²) >= 11 is 3.85. The van der Waals surface area contributed by atoms with Gasteiger partial charge in [0.25, 0.3) is 0 Å². The van der Waals surface area contributed by atoms with Crippen LogP contribution in [0.5, 0.6) is 0 Å². The topological polar surface area (TPSA) is 0 Å². The van der Waals surface area contributed by atoms with Gasteiger partial charge in [0.2, 0.25) is 0 Å². The van der Waals surface area contributed by atoms with Crippen molar-refractivity contribution < 1.29 is 0 Å². The summed E-state index contributed by atoms with van der Waals surface area (Å²) in [5.41, 5.74) is 1.45.